The predicted octanol–water partition coefficient (Wildman–Crippen LogP) is 3.63. The lowest BCUT2D eigenvalue weighted by Crippen LogP contribution is -2.25. The molecule has 1 aromatic carbocycles. The van der Waals surface area contributed by atoms with Crippen LogP contribution in [0.1, 0.15) is 37.7 Å². The Hall–Kier alpha value is -1.55. The number of hydrogen-bond donors (Lipinski definition) is 1. The Labute approximate surface area is 124 Å². The Morgan fingerprint density at radius 3 is 2.45 bits per heavy atom. The summed E-state index contributed by atoms with van der Waals surface area (Å²) in [7, 11) is 0. The van der Waals surface area contributed by atoms with E-state index >= 15 is 0 Å². The number of amides is 1. The van der Waals surface area contributed by atoms with Crippen molar-refractivity contribution in [1.29, 1.82) is 0 Å². The summed E-state index contributed by atoms with van der Waals surface area (Å²) >= 11 is 5.23. The Morgan fingerprint density at radius 1 is 1.05 bits per heavy atom. The van der Waals surface area contributed by atoms with Crippen LogP contribution in [-0.2, 0) is 16.1 Å². The van der Waals surface area contributed by atoms with Gasteiger partial charge in [-0.25, -0.2) is 4.79 Å². The summed E-state index contributed by atoms with van der Waals surface area (Å²) in [5.41, 5.74) is 0.966. The van der Waals surface area contributed by atoms with Crippen LogP contribution >= 0.6 is 11.6 Å². The molecule has 0 fully saturated rings. The second kappa shape index (κ2) is 10.3. The highest BCUT2D eigenvalue weighted by Gasteiger charge is 2.01. The normalized spacial score (nSPS) is 10.1. The molecule has 0 bridgehead atoms. The van der Waals surface area contributed by atoms with Crippen molar-refractivity contribution in [2.24, 2.45) is 0 Å². The first-order valence-electron chi connectivity index (χ1n) is 6.81. The van der Waals surface area contributed by atoms with Crippen LogP contribution in [0.2, 0.25) is 0 Å². The number of rotatable bonds is 9. The van der Waals surface area contributed by atoms with E-state index in [-0.39, 0.29) is 11.8 Å². The number of unbranched alkanes of at least 4 members (excludes halogenated alkanes) is 3. The lowest BCUT2D eigenvalue weighted by molar-refractivity contribution is -0.111. The molecular formula is C15H20ClNO3. The Bertz CT molecular complexity index is 409. The monoisotopic (exact) mass is 297 g/mol. The van der Waals surface area contributed by atoms with Gasteiger partial charge in [-0.05, 0) is 30.0 Å². The second-order valence-electron chi connectivity index (χ2n) is 4.51. The Kier molecular flexibility index (Phi) is 8.47. The maximum Gasteiger partial charge on any atom is 0.407 e. The van der Waals surface area contributed by atoms with Crippen molar-refractivity contribution >= 4 is 22.9 Å². The van der Waals surface area contributed by atoms with E-state index in [0.717, 1.165) is 31.2 Å². The number of carbonyl (C=O) groups excluding carboxylic acids is 2. The minimum atomic E-state index is -0.398. The minimum Gasteiger partial charge on any atom is -0.445 e. The smallest absolute Gasteiger partial charge is 0.407 e. The summed E-state index contributed by atoms with van der Waals surface area (Å²) < 4.78 is 5.08. The molecule has 0 saturated carbocycles. The number of alkyl carbamates (subject to hydrolysis) is 1. The molecule has 0 aliphatic heterocycles. The highest BCUT2D eigenvalue weighted by Crippen LogP contribution is 2.04. The molecule has 1 amide bonds. The lowest BCUT2D eigenvalue weighted by atomic mass is 10.1. The molecule has 0 aliphatic carbocycles. The predicted molar refractivity (Wildman–Crippen MR) is 78.6 cm³/mol. The number of halogens is 1. The first-order chi connectivity index (χ1) is 9.68. The molecule has 0 heterocycles. The standard InChI is InChI=1S/C15H20ClNO3/c16-14(18)10-6-1-2-7-11-17-15(19)20-12-13-8-4-3-5-9-13/h3-5,8-9H,1-2,6-7,10-12H2,(H,17,19). The zero-order chi connectivity index (χ0) is 14.6. The molecular weight excluding hydrogens is 278 g/mol. The van der Waals surface area contributed by atoms with E-state index in [1.165, 1.54) is 0 Å². The van der Waals surface area contributed by atoms with E-state index in [0.29, 0.717) is 13.0 Å². The number of hydrogen-bond acceptors (Lipinski definition) is 3. The van der Waals surface area contributed by atoms with Gasteiger partial charge in [0.2, 0.25) is 5.24 Å². The van der Waals surface area contributed by atoms with Crippen molar-refractivity contribution in [3.63, 3.8) is 0 Å². The van der Waals surface area contributed by atoms with Gasteiger partial charge in [-0.15, -0.1) is 0 Å². The zero-order valence-electron chi connectivity index (χ0n) is 11.4. The molecule has 4 nitrogen and oxygen atoms in total. The molecule has 5 heteroatoms. The molecule has 0 saturated heterocycles. The molecule has 1 rings (SSSR count). The zero-order valence-corrected chi connectivity index (χ0v) is 12.2. The summed E-state index contributed by atoms with van der Waals surface area (Å²) in [4.78, 5) is 21.9. The van der Waals surface area contributed by atoms with Crippen LogP contribution in [0.5, 0.6) is 0 Å². The quantitative estimate of drug-likeness (QED) is 0.559. The van der Waals surface area contributed by atoms with Crippen LogP contribution in [-0.4, -0.2) is 17.9 Å². The van der Waals surface area contributed by atoms with E-state index in [9.17, 15) is 9.59 Å². The lowest BCUT2D eigenvalue weighted by Gasteiger charge is -2.06. The average molecular weight is 298 g/mol. The fourth-order valence-corrected chi connectivity index (χ4v) is 1.84. The van der Waals surface area contributed by atoms with Crippen molar-refractivity contribution in [2.75, 3.05) is 6.54 Å². The van der Waals surface area contributed by atoms with Gasteiger partial charge in [0.15, 0.2) is 0 Å². The van der Waals surface area contributed by atoms with Crippen LogP contribution in [0.3, 0.4) is 0 Å². The molecule has 0 aromatic heterocycles. The largest absolute Gasteiger partial charge is 0.445 e. The van der Waals surface area contributed by atoms with Crippen LogP contribution in [0.25, 0.3) is 0 Å². The minimum absolute atomic E-state index is 0.282. The van der Waals surface area contributed by atoms with Gasteiger partial charge in [0, 0.05) is 13.0 Å². The summed E-state index contributed by atoms with van der Waals surface area (Å²) in [6.07, 6.45) is 3.61. The third-order valence-corrected chi connectivity index (χ3v) is 2.97. The molecule has 1 N–H and O–H groups in total. The molecule has 20 heavy (non-hydrogen) atoms. The highest BCUT2D eigenvalue weighted by atomic mass is 35.5. The number of ether oxygens (including phenoxy) is 1. The topological polar surface area (TPSA) is 55.4 Å². The van der Waals surface area contributed by atoms with Crippen molar-refractivity contribution in [3.8, 4) is 0 Å². The van der Waals surface area contributed by atoms with Crippen LogP contribution in [0.15, 0.2) is 30.3 Å². The number of carbonyl (C=O) groups is 2. The average Bonchev–Trinajstić information content (AvgIpc) is 2.45. The second-order valence-corrected chi connectivity index (χ2v) is 4.93. The molecule has 0 aliphatic rings. The summed E-state index contributed by atoms with van der Waals surface area (Å²) in [5, 5.41) is 2.41. The van der Waals surface area contributed by atoms with Gasteiger partial charge in [0.1, 0.15) is 6.61 Å². The third-order valence-electron chi connectivity index (χ3n) is 2.78. The van der Waals surface area contributed by atoms with Crippen molar-refractivity contribution in [1.82, 2.24) is 5.32 Å². The first kappa shape index (κ1) is 16.5. The van der Waals surface area contributed by atoms with Crippen LogP contribution in [0.4, 0.5) is 4.79 Å². The Morgan fingerprint density at radius 2 is 1.75 bits per heavy atom. The van der Waals surface area contributed by atoms with Crippen LogP contribution < -0.4 is 5.32 Å². The molecule has 0 spiro atoms. The van der Waals surface area contributed by atoms with Gasteiger partial charge >= 0.3 is 6.09 Å². The summed E-state index contributed by atoms with van der Waals surface area (Å²) in [6.45, 7) is 0.868. The highest BCUT2D eigenvalue weighted by molar-refractivity contribution is 6.63. The van der Waals surface area contributed by atoms with E-state index in [1.54, 1.807) is 0 Å². The van der Waals surface area contributed by atoms with Crippen LogP contribution in [0, 0.1) is 0 Å². The van der Waals surface area contributed by atoms with Crippen molar-refractivity contribution in [3.05, 3.63) is 35.9 Å². The number of nitrogens with one attached hydrogen (secondary N) is 1. The van der Waals surface area contributed by atoms with E-state index in [1.807, 2.05) is 30.3 Å². The molecule has 0 atom stereocenters. The molecule has 0 radical (unpaired) electrons. The van der Waals surface area contributed by atoms with Crippen molar-refractivity contribution < 1.29 is 14.3 Å². The summed E-state index contributed by atoms with van der Waals surface area (Å²) in [5.74, 6) is 0. The maximum absolute atomic E-state index is 11.4. The van der Waals surface area contributed by atoms with Gasteiger partial charge < -0.3 is 10.1 Å². The molecule has 0 unspecified atom stereocenters. The molecule has 110 valence electrons. The fourth-order valence-electron chi connectivity index (χ4n) is 1.71. The number of benzene rings is 1. The summed E-state index contributed by atoms with van der Waals surface area (Å²) in [6, 6.07) is 9.54. The Balaban J connectivity index is 1.96. The first-order valence-corrected chi connectivity index (χ1v) is 7.19. The third kappa shape index (κ3) is 8.53. The van der Waals surface area contributed by atoms with Gasteiger partial charge in [0.25, 0.3) is 0 Å². The van der Waals surface area contributed by atoms with E-state index < -0.39 is 6.09 Å². The van der Waals surface area contributed by atoms with Gasteiger partial charge in [-0.1, -0.05) is 43.2 Å². The maximum atomic E-state index is 11.4. The van der Waals surface area contributed by atoms with E-state index in [2.05, 4.69) is 5.32 Å². The van der Waals surface area contributed by atoms with Gasteiger partial charge in [0.05, 0.1) is 0 Å². The molecule has 1 aromatic rings. The fraction of sp³-hybridized carbons (Fsp3) is 0.467. The van der Waals surface area contributed by atoms with Crippen molar-refractivity contribution in [2.45, 2.75) is 38.7 Å². The van der Waals surface area contributed by atoms with E-state index in [4.69, 9.17) is 16.3 Å². The van der Waals surface area contributed by atoms with Gasteiger partial charge in [-0.3, -0.25) is 4.79 Å². The van der Waals surface area contributed by atoms with Gasteiger partial charge in [-0.2, -0.15) is 0 Å². The SMILES string of the molecule is O=C(Cl)CCCCCCNC(=O)OCc1ccccc1.